The highest BCUT2D eigenvalue weighted by Gasteiger charge is 2.41. The first-order chi connectivity index (χ1) is 26.4. The quantitative estimate of drug-likeness (QED) is 0.132. The number of aromatic nitrogens is 4. The summed E-state index contributed by atoms with van der Waals surface area (Å²) in [6.07, 6.45) is 5.57. The zero-order valence-electron chi connectivity index (χ0n) is 31.8. The van der Waals surface area contributed by atoms with Crippen molar-refractivity contribution < 1.29 is 33.8 Å². The van der Waals surface area contributed by atoms with Crippen molar-refractivity contribution in [1.29, 1.82) is 0 Å². The second-order valence-corrected chi connectivity index (χ2v) is 14.5. The Balaban J connectivity index is 1.12. The van der Waals surface area contributed by atoms with Gasteiger partial charge in [0.25, 0.3) is 0 Å². The first kappa shape index (κ1) is 38.8. The zero-order valence-corrected chi connectivity index (χ0v) is 31.8. The van der Waals surface area contributed by atoms with Crippen molar-refractivity contribution in [3.8, 4) is 33.6 Å². The molecule has 2 aromatic carbocycles. The normalized spacial score (nSPS) is 19.1. The van der Waals surface area contributed by atoms with Crippen LogP contribution in [0.15, 0.2) is 73.1 Å². The van der Waals surface area contributed by atoms with Gasteiger partial charge in [0.1, 0.15) is 29.8 Å². The predicted octanol–water partition coefficient (Wildman–Crippen LogP) is 4.97. The average molecular weight is 753 g/mol. The number of rotatable bonds is 11. The Hall–Kier alpha value is -5.96. The van der Waals surface area contributed by atoms with E-state index in [4.69, 9.17) is 9.47 Å². The average Bonchev–Trinajstić information content (AvgIpc) is 4.02. The number of aliphatic hydroxyl groups is 1. The molecule has 15 heteroatoms. The topological polar surface area (TPSA) is 195 Å². The number of carbonyl (C=O) groups excluding carboxylic acids is 4. The second kappa shape index (κ2) is 16.6. The van der Waals surface area contributed by atoms with E-state index >= 15 is 0 Å². The molecule has 0 aliphatic carbocycles. The van der Waals surface area contributed by atoms with Crippen molar-refractivity contribution in [2.45, 2.75) is 64.4 Å². The van der Waals surface area contributed by atoms with Crippen molar-refractivity contribution in [2.75, 3.05) is 27.3 Å². The van der Waals surface area contributed by atoms with Crippen LogP contribution in [0.4, 0.5) is 9.59 Å². The number of carbonyl (C=O) groups is 4. The third-order valence-electron chi connectivity index (χ3n) is 10.1. The fourth-order valence-corrected chi connectivity index (χ4v) is 7.03. The van der Waals surface area contributed by atoms with Crippen molar-refractivity contribution >= 4 is 24.0 Å². The van der Waals surface area contributed by atoms with Gasteiger partial charge >= 0.3 is 12.2 Å². The fourth-order valence-electron chi connectivity index (χ4n) is 7.03. The molecule has 6 rings (SSSR count). The number of ether oxygens (including phenoxy) is 2. The summed E-state index contributed by atoms with van der Waals surface area (Å²) in [7, 11) is 2.52. The number of aliphatic hydroxyl groups excluding tert-OH is 1. The lowest BCUT2D eigenvalue weighted by Crippen LogP contribution is -2.51. The summed E-state index contributed by atoms with van der Waals surface area (Å²) >= 11 is 0. The molecule has 15 nitrogen and oxygen atoms in total. The first-order valence-electron chi connectivity index (χ1n) is 18.3. The maximum Gasteiger partial charge on any atom is 0.407 e. The van der Waals surface area contributed by atoms with Crippen LogP contribution in [0.3, 0.4) is 0 Å². The molecule has 2 aromatic heterocycles. The Kier molecular flexibility index (Phi) is 11.7. The van der Waals surface area contributed by atoms with Gasteiger partial charge in [-0.25, -0.2) is 19.6 Å². The van der Waals surface area contributed by atoms with E-state index in [9.17, 15) is 24.3 Å². The summed E-state index contributed by atoms with van der Waals surface area (Å²) in [5, 5.41) is 15.8. The van der Waals surface area contributed by atoms with Crippen molar-refractivity contribution in [2.24, 2.45) is 11.8 Å². The molecule has 4 heterocycles. The molecule has 1 saturated heterocycles. The third-order valence-corrected chi connectivity index (χ3v) is 10.1. The first-order valence-corrected chi connectivity index (χ1v) is 18.3. The number of hydrogen-bond acceptors (Lipinski definition) is 9. The van der Waals surface area contributed by atoms with E-state index in [-0.39, 0.29) is 30.2 Å². The third kappa shape index (κ3) is 8.41. The van der Waals surface area contributed by atoms with Crippen LogP contribution in [-0.4, -0.2) is 104 Å². The van der Waals surface area contributed by atoms with Crippen LogP contribution < -0.4 is 10.6 Å². The number of β-amino-alcohol motifs (C(OH)–C–C–N with tert-alkyl or cyclic N) is 1. The molecule has 5 N–H and O–H groups in total. The molecule has 1 fully saturated rings. The number of aromatic amines is 2. The fraction of sp³-hybridized carbons (Fsp3) is 0.400. The van der Waals surface area contributed by atoms with Gasteiger partial charge < -0.3 is 45.0 Å². The van der Waals surface area contributed by atoms with Crippen molar-refractivity contribution in [1.82, 2.24) is 40.4 Å². The van der Waals surface area contributed by atoms with Gasteiger partial charge in [0.15, 0.2) is 0 Å². The Morgan fingerprint density at radius 1 is 0.727 bits per heavy atom. The van der Waals surface area contributed by atoms with Crippen LogP contribution in [-0.2, 0) is 19.1 Å². The summed E-state index contributed by atoms with van der Waals surface area (Å²) in [6, 6.07) is 13.7. The van der Waals surface area contributed by atoms with Gasteiger partial charge in [-0.3, -0.25) is 9.59 Å². The highest BCUT2D eigenvalue weighted by atomic mass is 16.5. The molecule has 0 spiro atoms. The van der Waals surface area contributed by atoms with E-state index in [1.807, 2.05) is 88.4 Å². The standard InChI is InChI=1S/C40H48N8O7/c1-22(2)33(45-39(52)54-5)37(50)47-17-7-8-31(47)35-41-19-29(43-35)26-13-9-24(10-14-26)25-11-15-27(16-12-25)30-20-42-36(44-30)32-18-28(49)21-48(32)38(51)34(23(3)4)46-40(53)55-6/h7-16,19-20,22-23,28,31-34,49H,17-18,21H2,1-6H3,(H,41,43)(H,42,44)(H,45,52)(H,46,53)/t28?,31?,32?,33-,34-/m0/s1. The van der Waals surface area contributed by atoms with E-state index in [0.29, 0.717) is 24.6 Å². The molecule has 3 unspecified atom stereocenters. The molecule has 290 valence electrons. The van der Waals surface area contributed by atoms with Crippen LogP contribution in [0.2, 0.25) is 0 Å². The van der Waals surface area contributed by atoms with Gasteiger partial charge in [0.05, 0.1) is 50.1 Å². The van der Waals surface area contributed by atoms with Gasteiger partial charge in [-0.05, 0) is 34.1 Å². The molecule has 4 amide bonds. The molecule has 0 radical (unpaired) electrons. The van der Waals surface area contributed by atoms with Gasteiger partial charge in [-0.15, -0.1) is 0 Å². The molecule has 2 aliphatic rings. The number of hydrogen-bond donors (Lipinski definition) is 5. The Labute approximate surface area is 319 Å². The lowest BCUT2D eigenvalue weighted by molar-refractivity contribution is -0.136. The molecular formula is C40H48N8O7. The zero-order chi connectivity index (χ0) is 39.4. The number of methoxy groups -OCH3 is 2. The second-order valence-electron chi connectivity index (χ2n) is 14.5. The lowest BCUT2D eigenvalue weighted by Gasteiger charge is -2.29. The minimum Gasteiger partial charge on any atom is -0.453 e. The predicted molar refractivity (Wildman–Crippen MR) is 204 cm³/mol. The molecule has 5 atom stereocenters. The van der Waals surface area contributed by atoms with Gasteiger partial charge in [-0.1, -0.05) is 88.4 Å². The number of imidazole rings is 2. The van der Waals surface area contributed by atoms with Gasteiger partial charge in [-0.2, -0.15) is 0 Å². The van der Waals surface area contributed by atoms with Gasteiger partial charge in [0.2, 0.25) is 11.8 Å². The van der Waals surface area contributed by atoms with E-state index in [1.165, 1.54) is 14.2 Å². The van der Waals surface area contributed by atoms with Crippen molar-refractivity contribution in [3.05, 3.63) is 84.7 Å². The highest BCUT2D eigenvalue weighted by Crippen LogP contribution is 2.34. The van der Waals surface area contributed by atoms with Crippen LogP contribution in [0.1, 0.15) is 57.8 Å². The summed E-state index contributed by atoms with van der Waals surface area (Å²) < 4.78 is 9.45. The van der Waals surface area contributed by atoms with Crippen LogP contribution in [0.25, 0.3) is 33.6 Å². The van der Waals surface area contributed by atoms with Gasteiger partial charge in [0, 0.05) is 19.5 Å². The van der Waals surface area contributed by atoms with E-state index < -0.39 is 42.5 Å². The number of nitrogens with one attached hydrogen (secondary N) is 4. The Bertz CT molecular complexity index is 2020. The number of likely N-dealkylation sites (tertiary alicyclic amines) is 1. The molecule has 0 bridgehead atoms. The molecule has 55 heavy (non-hydrogen) atoms. The number of alkyl carbamates (subject to hydrolysis) is 2. The SMILES string of the molecule is COC(=O)N[C@H](C(=O)N1CC=CC1c1ncc(-c2ccc(-c3ccc(-c4cnc(C5CC(O)CN5C(=O)[C@@H](NC(=O)OC)C(C)C)[nH]4)cc3)cc2)[nH]1)C(C)C. The molecular weight excluding hydrogens is 704 g/mol. The van der Waals surface area contributed by atoms with E-state index in [2.05, 4.69) is 30.6 Å². The number of amides is 4. The minimum atomic E-state index is -0.812. The monoisotopic (exact) mass is 752 g/mol. The summed E-state index contributed by atoms with van der Waals surface area (Å²) in [5.74, 6) is 0.323. The van der Waals surface area contributed by atoms with E-state index in [1.54, 1.807) is 22.2 Å². The smallest absolute Gasteiger partial charge is 0.407 e. The number of benzene rings is 2. The molecule has 0 saturated carbocycles. The maximum absolute atomic E-state index is 13.6. The largest absolute Gasteiger partial charge is 0.453 e. The minimum absolute atomic E-state index is 0.134. The van der Waals surface area contributed by atoms with Crippen LogP contribution in [0.5, 0.6) is 0 Å². The molecule has 2 aliphatic heterocycles. The lowest BCUT2D eigenvalue weighted by atomic mass is 10.0. The summed E-state index contributed by atoms with van der Waals surface area (Å²) in [4.78, 5) is 70.1. The van der Waals surface area contributed by atoms with Crippen LogP contribution in [0, 0.1) is 11.8 Å². The Morgan fingerprint density at radius 3 is 1.67 bits per heavy atom. The molecule has 4 aromatic rings. The summed E-state index contributed by atoms with van der Waals surface area (Å²) in [5.41, 5.74) is 5.44. The van der Waals surface area contributed by atoms with Crippen LogP contribution >= 0.6 is 0 Å². The number of nitrogens with zero attached hydrogens (tertiary/aromatic N) is 4. The number of H-pyrrole nitrogens is 2. The highest BCUT2D eigenvalue weighted by molar-refractivity contribution is 5.87. The van der Waals surface area contributed by atoms with Crippen molar-refractivity contribution in [3.63, 3.8) is 0 Å². The Morgan fingerprint density at radius 2 is 1.18 bits per heavy atom. The van der Waals surface area contributed by atoms with E-state index in [0.717, 1.165) is 33.6 Å². The maximum atomic E-state index is 13.6. The summed E-state index contributed by atoms with van der Waals surface area (Å²) in [6.45, 7) is 7.96.